The number of aliphatic hydroxyl groups excluding tert-OH is 1. The summed E-state index contributed by atoms with van der Waals surface area (Å²) in [6.45, 7) is 0.0382. The summed E-state index contributed by atoms with van der Waals surface area (Å²) >= 11 is 6.50. The number of H-pyrrole nitrogens is 1. The van der Waals surface area contributed by atoms with Gasteiger partial charge in [0.05, 0.1) is 40.3 Å². The molecule has 0 atom stereocenters. The summed E-state index contributed by atoms with van der Waals surface area (Å²) in [5, 5.41) is 22.7. The van der Waals surface area contributed by atoms with Crippen LogP contribution in [0.5, 0.6) is 0 Å². The first kappa shape index (κ1) is 21.5. The fourth-order valence-corrected chi connectivity index (χ4v) is 4.88. The lowest BCUT2D eigenvalue weighted by Crippen LogP contribution is -2.13. The number of rotatable bonds is 4. The number of fused-ring (bicyclic) bond motifs is 4. The summed E-state index contributed by atoms with van der Waals surface area (Å²) in [5.74, 6) is -0.546. The summed E-state index contributed by atoms with van der Waals surface area (Å²) in [6, 6.07) is 15.3. The van der Waals surface area contributed by atoms with Gasteiger partial charge in [0, 0.05) is 28.3 Å². The predicted octanol–water partition coefficient (Wildman–Crippen LogP) is 5.12. The Labute approximate surface area is 201 Å². The molecular formula is C26H17ClFN3O4. The number of benzene rings is 2. The molecule has 0 amide bonds. The maximum atomic E-state index is 15.1. The molecular weight excluding hydrogens is 473 g/mol. The first-order valence-electron chi connectivity index (χ1n) is 10.7. The molecule has 4 heterocycles. The van der Waals surface area contributed by atoms with E-state index in [2.05, 4.69) is 9.97 Å². The summed E-state index contributed by atoms with van der Waals surface area (Å²) in [7, 11) is 0. The molecule has 7 nitrogen and oxygen atoms in total. The van der Waals surface area contributed by atoms with E-state index >= 15 is 4.39 Å². The fourth-order valence-electron chi connectivity index (χ4n) is 4.67. The number of aromatic nitrogens is 3. The van der Waals surface area contributed by atoms with Crippen LogP contribution in [0.15, 0.2) is 76.3 Å². The Morgan fingerprint density at radius 1 is 1.14 bits per heavy atom. The Kier molecular flexibility index (Phi) is 4.96. The molecule has 0 radical (unpaired) electrons. The van der Waals surface area contributed by atoms with Gasteiger partial charge >= 0.3 is 0 Å². The summed E-state index contributed by atoms with van der Waals surface area (Å²) in [5.41, 5.74) is 1.79. The van der Waals surface area contributed by atoms with E-state index in [1.54, 1.807) is 12.1 Å². The quantitative estimate of drug-likeness (QED) is 0.236. The maximum absolute atomic E-state index is 15.1. The maximum Gasteiger partial charge on any atom is 0.255 e. The topological polar surface area (TPSA) is 104 Å². The zero-order valence-corrected chi connectivity index (χ0v) is 18.8. The van der Waals surface area contributed by atoms with Crippen LogP contribution < -0.4 is 5.56 Å². The van der Waals surface area contributed by atoms with Gasteiger partial charge in [0.1, 0.15) is 16.6 Å². The smallest absolute Gasteiger partial charge is 0.255 e. The second-order valence-electron chi connectivity index (χ2n) is 8.18. The van der Waals surface area contributed by atoms with Crippen LogP contribution in [0.3, 0.4) is 0 Å². The van der Waals surface area contributed by atoms with Crippen LogP contribution in [-0.4, -0.2) is 24.7 Å². The number of furan rings is 1. The molecule has 35 heavy (non-hydrogen) atoms. The number of aromatic amines is 1. The molecule has 6 rings (SSSR count). The van der Waals surface area contributed by atoms with Gasteiger partial charge in [-0.15, -0.1) is 0 Å². The minimum atomic E-state index is -1.99. The normalized spacial score (nSPS) is 11.9. The van der Waals surface area contributed by atoms with Crippen LogP contribution in [0.4, 0.5) is 4.39 Å². The Morgan fingerprint density at radius 3 is 2.77 bits per heavy atom. The third-order valence-corrected chi connectivity index (χ3v) is 6.49. The van der Waals surface area contributed by atoms with Crippen LogP contribution in [0, 0.1) is 5.82 Å². The molecule has 9 heteroatoms. The molecule has 2 aromatic carbocycles. The van der Waals surface area contributed by atoms with Gasteiger partial charge in [-0.1, -0.05) is 29.8 Å². The zero-order chi connectivity index (χ0) is 24.3. The molecule has 0 aliphatic rings. The predicted molar refractivity (Wildman–Crippen MR) is 131 cm³/mol. The SMILES string of the molecule is O=c1[nH]cccc1-c1c(C(O)O)n(Cc2cc3ccccc3nc2Cl)c2cc(F)c3ccoc3c12. The van der Waals surface area contributed by atoms with Crippen molar-refractivity contribution >= 4 is 44.4 Å². The number of hydrogen-bond donors (Lipinski definition) is 3. The van der Waals surface area contributed by atoms with Gasteiger partial charge in [0.2, 0.25) is 0 Å². The van der Waals surface area contributed by atoms with E-state index in [9.17, 15) is 15.0 Å². The molecule has 0 aliphatic heterocycles. The Hall–Kier alpha value is -3.98. The fraction of sp³-hybridized carbons (Fsp3) is 0.0769. The van der Waals surface area contributed by atoms with Crippen molar-refractivity contribution in [3.63, 3.8) is 0 Å². The molecule has 0 saturated heterocycles. The van der Waals surface area contributed by atoms with E-state index in [1.165, 1.54) is 29.2 Å². The molecule has 0 saturated carbocycles. The number of para-hydroxylation sites is 1. The highest BCUT2D eigenvalue weighted by molar-refractivity contribution is 6.30. The first-order chi connectivity index (χ1) is 16.9. The van der Waals surface area contributed by atoms with Crippen LogP contribution in [0.1, 0.15) is 17.5 Å². The van der Waals surface area contributed by atoms with Crippen molar-refractivity contribution in [1.82, 2.24) is 14.5 Å². The third kappa shape index (κ3) is 3.34. The minimum absolute atomic E-state index is 0.00391. The van der Waals surface area contributed by atoms with Crippen molar-refractivity contribution in [3.05, 3.63) is 99.6 Å². The Bertz CT molecular complexity index is 1820. The molecule has 0 bridgehead atoms. The van der Waals surface area contributed by atoms with Gasteiger partial charge in [-0.25, -0.2) is 9.37 Å². The molecule has 3 N–H and O–H groups in total. The van der Waals surface area contributed by atoms with Crippen molar-refractivity contribution in [2.24, 2.45) is 0 Å². The molecule has 0 aliphatic carbocycles. The van der Waals surface area contributed by atoms with E-state index in [0.29, 0.717) is 22.0 Å². The standard InChI is InChI=1S/C26H17ClFN3O4/c27-24-14(10-13-4-1-2-6-18(13)30-24)12-31-19-11-17(28)15-7-9-35-23(15)21(19)20(22(31)26(33)34)16-5-3-8-29-25(16)32/h1-11,26,33-34H,12H2,(H,29,32). The number of aliphatic hydroxyl groups is 2. The molecule has 4 aromatic heterocycles. The highest BCUT2D eigenvalue weighted by atomic mass is 35.5. The summed E-state index contributed by atoms with van der Waals surface area (Å²) in [4.78, 5) is 19.8. The largest absolute Gasteiger partial charge is 0.463 e. The highest BCUT2D eigenvalue weighted by Gasteiger charge is 2.28. The number of nitrogens with one attached hydrogen (secondary N) is 1. The van der Waals surface area contributed by atoms with Crippen molar-refractivity contribution in [2.75, 3.05) is 0 Å². The van der Waals surface area contributed by atoms with Crippen LogP contribution >= 0.6 is 11.6 Å². The van der Waals surface area contributed by atoms with E-state index in [0.717, 1.165) is 5.39 Å². The summed E-state index contributed by atoms with van der Waals surface area (Å²) < 4.78 is 22.2. The van der Waals surface area contributed by atoms with Crippen molar-refractivity contribution in [3.8, 4) is 11.1 Å². The van der Waals surface area contributed by atoms with Crippen LogP contribution in [0.25, 0.3) is 43.9 Å². The van der Waals surface area contributed by atoms with Gasteiger partial charge in [-0.05, 0) is 36.4 Å². The van der Waals surface area contributed by atoms with Gasteiger partial charge in [0.15, 0.2) is 6.29 Å². The van der Waals surface area contributed by atoms with Crippen molar-refractivity contribution in [1.29, 1.82) is 0 Å². The third-order valence-electron chi connectivity index (χ3n) is 6.17. The Balaban J connectivity index is 1.73. The van der Waals surface area contributed by atoms with E-state index in [-0.39, 0.29) is 39.5 Å². The number of pyridine rings is 2. The zero-order valence-electron chi connectivity index (χ0n) is 18.0. The average Bonchev–Trinajstić information content (AvgIpc) is 3.44. The van der Waals surface area contributed by atoms with Crippen molar-refractivity contribution < 1.29 is 19.0 Å². The molecule has 0 spiro atoms. The monoisotopic (exact) mass is 489 g/mol. The van der Waals surface area contributed by atoms with E-state index in [4.69, 9.17) is 16.0 Å². The number of halogens is 2. The first-order valence-corrected chi connectivity index (χ1v) is 11.1. The average molecular weight is 490 g/mol. The summed E-state index contributed by atoms with van der Waals surface area (Å²) in [6.07, 6.45) is 0.836. The number of nitrogens with zero attached hydrogens (tertiary/aromatic N) is 2. The Morgan fingerprint density at radius 2 is 1.97 bits per heavy atom. The van der Waals surface area contributed by atoms with Gasteiger partial charge in [-0.3, -0.25) is 4.79 Å². The number of hydrogen-bond acceptors (Lipinski definition) is 5. The van der Waals surface area contributed by atoms with Gasteiger partial charge in [-0.2, -0.15) is 0 Å². The lowest BCUT2D eigenvalue weighted by molar-refractivity contribution is -0.0473. The lowest BCUT2D eigenvalue weighted by Gasteiger charge is -2.15. The molecule has 174 valence electrons. The highest BCUT2D eigenvalue weighted by Crippen LogP contribution is 2.42. The van der Waals surface area contributed by atoms with E-state index in [1.807, 2.05) is 30.3 Å². The van der Waals surface area contributed by atoms with Gasteiger partial charge < -0.3 is 24.2 Å². The van der Waals surface area contributed by atoms with Gasteiger partial charge in [0.25, 0.3) is 5.56 Å². The second kappa shape index (κ2) is 8.06. The lowest BCUT2D eigenvalue weighted by atomic mass is 10.0. The van der Waals surface area contributed by atoms with E-state index < -0.39 is 17.7 Å². The molecule has 6 aromatic rings. The van der Waals surface area contributed by atoms with Crippen LogP contribution in [-0.2, 0) is 6.54 Å². The van der Waals surface area contributed by atoms with Crippen LogP contribution in [0.2, 0.25) is 5.15 Å². The minimum Gasteiger partial charge on any atom is -0.463 e. The van der Waals surface area contributed by atoms with Crippen molar-refractivity contribution in [2.45, 2.75) is 12.8 Å². The molecule has 0 unspecified atom stereocenters. The second-order valence-corrected chi connectivity index (χ2v) is 8.54. The molecule has 0 fully saturated rings.